The summed E-state index contributed by atoms with van der Waals surface area (Å²) in [4.78, 5) is 12.0. The highest BCUT2D eigenvalue weighted by Crippen LogP contribution is 2.36. The first-order valence-electron chi connectivity index (χ1n) is 7.54. The van der Waals surface area contributed by atoms with Gasteiger partial charge in [-0.3, -0.25) is 0 Å². The number of esters is 1. The van der Waals surface area contributed by atoms with Crippen molar-refractivity contribution < 1.29 is 35.9 Å². The first-order valence-corrected chi connectivity index (χ1v) is 7.54. The fraction of sp³-hybridized carbons (Fsp3) is 0.211. The highest BCUT2D eigenvalue weighted by atomic mass is 19.4. The van der Waals surface area contributed by atoms with E-state index in [2.05, 4.69) is 11.8 Å². The molecule has 27 heavy (non-hydrogen) atoms. The minimum Gasteiger partial charge on any atom is -0.446 e. The van der Waals surface area contributed by atoms with Gasteiger partial charge in [0.15, 0.2) is 6.10 Å². The van der Waals surface area contributed by atoms with Crippen LogP contribution in [0, 0.1) is 11.8 Å². The van der Waals surface area contributed by atoms with Crippen LogP contribution in [0.3, 0.4) is 0 Å². The van der Waals surface area contributed by atoms with Crippen LogP contribution in [0.4, 0.5) is 26.3 Å². The quantitative estimate of drug-likeness (QED) is 0.397. The molecule has 0 aliphatic carbocycles. The molecule has 1 atom stereocenters. The first kappa shape index (κ1) is 20.4. The van der Waals surface area contributed by atoms with Crippen molar-refractivity contribution in [2.45, 2.75) is 25.4 Å². The largest absolute Gasteiger partial charge is 0.446 e. The lowest BCUT2D eigenvalue weighted by Gasteiger charge is -2.14. The number of carbonyl (C=O) groups is 1. The number of rotatable bonds is 2. The van der Waals surface area contributed by atoms with Gasteiger partial charge in [-0.1, -0.05) is 30.0 Å². The van der Waals surface area contributed by atoms with E-state index in [-0.39, 0.29) is 6.07 Å². The van der Waals surface area contributed by atoms with Crippen molar-refractivity contribution in [1.29, 1.82) is 0 Å². The van der Waals surface area contributed by atoms with Gasteiger partial charge in [-0.25, -0.2) is 4.79 Å². The van der Waals surface area contributed by atoms with Crippen LogP contribution in [0.25, 0.3) is 0 Å². The molecule has 0 spiro atoms. The summed E-state index contributed by atoms with van der Waals surface area (Å²) in [5, 5.41) is 0. The Hall–Kier alpha value is -2.95. The molecule has 0 aromatic heterocycles. The molecule has 0 N–H and O–H groups in total. The molecule has 0 saturated carbocycles. The number of carbonyl (C=O) groups excluding carboxylic acids is 1. The second kappa shape index (κ2) is 7.74. The van der Waals surface area contributed by atoms with Crippen molar-refractivity contribution in [3.63, 3.8) is 0 Å². The zero-order valence-electron chi connectivity index (χ0n) is 13.8. The molecule has 142 valence electrons. The standard InChI is InChI=1S/C19H12F6O2/c1-12(7-8-13-5-3-2-4-6-13)27-17(26)14-9-15(18(20,21)22)11-16(10-14)19(23,24)25/h2-6,9-12H,1H3. The summed E-state index contributed by atoms with van der Waals surface area (Å²) in [6, 6.07) is 9.15. The van der Waals surface area contributed by atoms with Crippen molar-refractivity contribution >= 4 is 5.97 Å². The van der Waals surface area contributed by atoms with E-state index >= 15 is 0 Å². The second-order valence-electron chi connectivity index (χ2n) is 5.48. The maximum absolute atomic E-state index is 12.8. The Bertz CT molecular complexity index is 841. The average Bonchev–Trinajstić information content (AvgIpc) is 2.59. The number of halogens is 6. The van der Waals surface area contributed by atoms with Gasteiger partial charge in [0.25, 0.3) is 0 Å². The molecule has 8 heteroatoms. The summed E-state index contributed by atoms with van der Waals surface area (Å²) in [5.41, 5.74) is -3.43. The molecule has 2 rings (SSSR count). The van der Waals surface area contributed by atoms with Crippen LogP contribution < -0.4 is 0 Å². The van der Waals surface area contributed by atoms with E-state index in [9.17, 15) is 31.1 Å². The first-order chi connectivity index (χ1) is 12.5. The molecule has 0 amide bonds. The highest BCUT2D eigenvalue weighted by molar-refractivity contribution is 5.90. The number of benzene rings is 2. The third-order valence-electron chi connectivity index (χ3n) is 3.30. The Morgan fingerprint density at radius 3 is 1.93 bits per heavy atom. The van der Waals surface area contributed by atoms with Gasteiger partial charge in [-0.05, 0) is 37.3 Å². The lowest BCUT2D eigenvalue weighted by Crippen LogP contribution is -2.17. The van der Waals surface area contributed by atoms with E-state index in [0.717, 1.165) is 0 Å². The smallest absolute Gasteiger partial charge is 0.416 e. The summed E-state index contributed by atoms with van der Waals surface area (Å²) in [5.74, 6) is 3.91. The molecular formula is C19H12F6O2. The van der Waals surface area contributed by atoms with Gasteiger partial charge >= 0.3 is 18.3 Å². The van der Waals surface area contributed by atoms with E-state index in [0.29, 0.717) is 17.7 Å². The van der Waals surface area contributed by atoms with Gasteiger partial charge in [0.05, 0.1) is 16.7 Å². The molecule has 2 aromatic rings. The predicted molar refractivity (Wildman–Crippen MR) is 84.6 cm³/mol. The molecule has 0 aliphatic heterocycles. The molecule has 0 fully saturated rings. The van der Waals surface area contributed by atoms with Gasteiger partial charge < -0.3 is 4.74 Å². The minimum absolute atomic E-state index is 0.0601. The Balaban J connectivity index is 2.26. The molecule has 0 bridgehead atoms. The second-order valence-corrected chi connectivity index (χ2v) is 5.48. The lowest BCUT2D eigenvalue weighted by molar-refractivity contribution is -0.143. The monoisotopic (exact) mass is 386 g/mol. The summed E-state index contributed by atoms with van der Waals surface area (Å²) in [7, 11) is 0. The summed E-state index contributed by atoms with van der Waals surface area (Å²) in [6.07, 6.45) is -11.1. The van der Waals surface area contributed by atoms with Crippen LogP contribution in [0.1, 0.15) is 34.0 Å². The highest BCUT2D eigenvalue weighted by Gasteiger charge is 2.37. The van der Waals surface area contributed by atoms with Gasteiger partial charge in [0, 0.05) is 5.56 Å². The van der Waals surface area contributed by atoms with Crippen molar-refractivity contribution in [2.75, 3.05) is 0 Å². The van der Waals surface area contributed by atoms with Crippen LogP contribution >= 0.6 is 0 Å². The summed E-state index contributed by atoms with van der Waals surface area (Å²) < 4.78 is 81.8. The number of alkyl halides is 6. The number of hydrogen-bond acceptors (Lipinski definition) is 2. The number of ether oxygens (including phenoxy) is 1. The minimum atomic E-state index is -5.05. The maximum Gasteiger partial charge on any atom is 0.416 e. The maximum atomic E-state index is 12.8. The predicted octanol–water partition coefficient (Wildman–Crippen LogP) is 5.32. The molecule has 2 nitrogen and oxygen atoms in total. The molecule has 0 aliphatic rings. The summed E-state index contributed by atoms with van der Waals surface area (Å²) >= 11 is 0. The van der Waals surface area contributed by atoms with Gasteiger partial charge in [0.1, 0.15) is 0 Å². The zero-order chi connectivity index (χ0) is 20.2. The van der Waals surface area contributed by atoms with Crippen LogP contribution in [0.5, 0.6) is 0 Å². The molecule has 0 heterocycles. The molecule has 0 saturated heterocycles. The third-order valence-corrected chi connectivity index (χ3v) is 3.30. The van der Waals surface area contributed by atoms with E-state index in [4.69, 9.17) is 4.74 Å². The molecular weight excluding hydrogens is 374 g/mol. The Kier molecular flexibility index (Phi) is 5.84. The van der Waals surface area contributed by atoms with Crippen LogP contribution in [0.2, 0.25) is 0 Å². The van der Waals surface area contributed by atoms with E-state index in [1.54, 1.807) is 30.3 Å². The van der Waals surface area contributed by atoms with Crippen LogP contribution in [-0.4, -0.2) is 12.1 Å². The van der Waals surface area contributed by atoms with Crippen molar-refractivity contribution in [2.24, 2.45) is 0 Å². The fourth-order valence-corrected chi connectivity index (χ4v) is 2.04. The van der Waals surface area contributed by atoms with Gasteiger partial charge in [0.2, 0.25) is 0 Å². The molecule has 0 radical (unpaired) electrons. The third kappa shape index (κ3) is 5.78. The number of hydrogen-bond donors (Lipinski definition) is 0. The Labute approximate surface area is 150 Å². The fourth-order valence-electron chi connectivity index (χ4n) is 2.04. The SMILES string of the molecule is CC(C#Cc1ccccc1)OC(=O)c1cc(C(F)(F)F)cc(C(F)(F)F)c1. The van der Waals surface area contributed by atoms with Gasteiger partial charge in [-0.2, -0.15) is 26.3 Å². The average molecular weight is 386 g/mol. The van der Waals surface area contributed by atoms with Gasteiger partial charge in [-0.15, -0.1) is 0 Å². The lowest BCUT2D eigenvalue weighted by atomic mass is 10.0. The normalized spacial score (nSPS) is 12.7. The van der Waals surface area contributed by atoms with Crippen molar-refractivity contribution in [3.8, 4) is 11.8 Å². The molecule has 2 aromatic carbocycles. The van der Waals surface area contributed by atoms with Crippen LogP contribution in [-0.2, 0) is 17.1 Å². The van der Waals surface area contributed by atoms with Crippen molar-refractivity contribution in [1.82, 2.24) is 0 Å². The van der Waals surface area contributed by atoms with E-state index < -0.39 is 41.1 Å². The zero-order valence-corrected chi connectivity index (χ0v) is 13.8. The van der Waals surface area contributed by atoms with E-state index in [1.807, 2.05) is 0 Å². The molecule has 1 unspecified atom stereocenters. The topological polar surface area (TPSA) is 26.3 Å². The van der Waals surface area contributed by atoms with Crippen molar-refractivity contribution in [3.05, 3.63) is 70.8 Å². The van der Waals surface area contributed by atoms with E-state index in [1.165, 1.54) is 6.92 Å². The summed E-state index contributed by atoms with van der Waals surface area (Å²) in [6.45, 7) is 1.35. The Morgan fingerprint density at radius 1 is 0.926 bits per heavy atom. The van der Waals surface area contributed by atoms with Crippen LogP contribution in [0.15, 0.2) is 48.5 Å². The Morgan fingerprint density at radius 2 is 1.44 bits per heavy atom.